The van der Waals surface area contributed by atoms with Crippen molar-refractivity contribution in [3.63, 3.8) is 0 Å². The molecule has 1 atom stereocenters. The number of nitrogen functional groups attached to an aromatic ring is 1. The van der Waals surface area contributed by atoms with E-state index < -0.39 is 5.60 Å². The number of aryl methyl sites for hydroxylation is 1. The smallest absolute Gasteiger partial charge is 0.408 e. The summed E-state index contributed by atoms with van der Waals surface area (Å²) in [6.07, 6.45) is 2.60. The third-order valence-corrected chi connectivity index (χ3v) is 3.21. The van der Waals surface area contributed by atoms with Crippen molar-refractivity contribution in [2.45, 2.75) is 51.7 Å². The molecule has 0 spiro atoms. The fraction of sp³-hybridized carbons (Fsp3) is 0.533. The molecule has 2 rings (SSSR count). The highest BCUT2D eigenvalue weighted by atomic mass is 16.6. The Morgan fingerprint density at radius 2 is 2.16 bits per heavy atom. The minimum absolute atomic E-state index is 0.0419. The summed E-state index contributed by atoms with van der Waals surface area (Å²) in [4.78, 5) is 11.9. The number of carbonyl (C=O) groups excluding carboxylic acids is 1. The summed E-state index contributed by atoms with van der Waals surface area (Å²) in [5, 5.41) is 2.93. The normalized spacial score (nSPS) is 18.6. The molecule has 1 aliphatic rings. The lowest BCUT2D eigenvalue weighted by Gasteiger charge is -2.29. The van der Waals surface area contributed by atoms with E-state index in [2.05, 4.69) is 11.4 Å². The quantitative estimate of drug-likeness (QED) is 0.764. The topological polar surface area (TPSA) is 64.3 Å². The zero-order valence-corrected chi connectivity index (χ0v) is 11.8. The van der Waals surface area contributed by atoms with Crippen molar-refractivity contribution < 1.29 is 9.53 Å². The summed E-state index contributed by atoms with van der Waals surface area (Å²) in [7, 11) is 0. The Hall–Kier alpha value is -1.71. The van der Waals surface area contributed by atoms with Gasteiger partial charge in [-0.2, -0.15) is 0 Å². The van der Waals surface area contributed by atoms with Crippen molar-refractivity contribution >= 4 is 11.8 Å². The fourth-order valence-electron chi connectivity index (χ4n) is 2.51. The number of nitrogens with two attached hydrogens (primary N) is 1. The van der Waals surface area contributed by atoms with E-state index in [0.29, 0.717) is 0 Å². The van der Waals surface area contributed by atoms with Gasteiger partial charge >= 0.3 is 6.09 Å². The fourth-order valence-corrected chi connectivity index (χ4v) is 2.51. The summed E-state index contributed by atoms with van der Waals surface area (Å²) < 4.78 is 5.30. The standard InChI is InChI=1S/C15H22N2O2/c1-15(2,3)19-14(18)17-12-9-5-7-10-6-4-8-11(16)13(10)12/h4,6,8,12H,5,7,9,16H2,1-3H3,(H,17,18). The first-order valence-corrected chi connectivity index (χ1v) is 6.73. The number of benzene rings is 1. The molecule has 1 amide bonds. The number of anilines is 1. The number of amides is 1. The van der Waals surface area contributed by atoms with Gasteiger partial charge < -0.3 is 15.8 Å². The number of ether oxygens (including phenoxy) is 1. The molecule has 1 aliphatic carbocycles. The van der Waals surface area contributed by atoms with Crippen molar-refractivity contribution in [1.29, 1.82) is 0 Å². The lowest BCUT2D eigenvalue weighted by Crippen LogP contribution is -2.36. The van der Waals surface area contributed by atoms with Gasteiger partial charge in [0.25, 0.3) is 0 Å². The van der Waals surface area contributed by atoms with Crippen LogP contribution in [0.3, 0.4) is 0 Å². The zero-order chi connectivity index (χ0) is 14.0. The molecule has 1 unspecified atom stereocenters. The van der Waals surface area contributed by atoms with Crippen LogP contribution in [0.5, 0.6) is 0 Å². The van der Waals surface area contributed by atoms with Crippen molar-refractivity contribution in [3.05, 3.63) is 29.3 Å². The van der Waals surface area contributed by atoms with Crippen LogP contribution in [0.15, 0.2) is 18.2 Å². The highest BCUT2D eigenvalue weighted by molar-refractivity contribution is 5.69. The van der Waals surface area contributed by atoms with E-state index >= 15 is 0 Å². The average molecular weight is 262 g/mol. The van der Waals surface area contributed by atoms with Crippen LogP contribution in [0.1, 0.15) is 50.8 Å². The predicted octanol–water partition coefficient (Wildman–Crippen LogP) is 3.17. The van der Waals surface area contributed by atoms with E-state index in [4.69, 9.17) is 10.5 Å². The molecular formula is C15H22N2O2. The van der Waals surface area contributed by atoms with Crippen molar-refractivity contribution in [1.82, 2.24) is 5.32 Å². The highest BCUT2D eigenvalue weighted by Gasteiger charge is 2.25. The van der Waals surface area contributed by atoms with Gasteiger partial charge in [0.2, 0.25) is 0 Å². The molecule has 0 fully saturated rings. The van der Waals surface area contributed by atoms with E-state index in [0.717, 1.165) is 30.5 Å². The molecule has 0 bridgehead atoms. The number of carbonyl (C=O) groups is 1. The maximum absolute atomic E-state index is 11.9. The molecule has 104 valence electrons. The molecule has 0 radical (unpaired) electrons. The Kier molecular flexibility index (Phi) is 3.69. The second-order valence-corrected chi connectivity index (χ2v) is 6.01. The highest BCUT2D eigenvalue weighted by Crippen LogP contribution is 2.33. The number of alkyl carbamates (subject to hydrolysis) is 1. The molecule has 1 aromatic carbocycles. The third-order valence-electron chi connectivity index (χ3n) is 3.21. The van der Waals surface area contributed by atoms with E-state index in [-0.39, 0.29) is 12.1 Å². The van der Waals surface area contributed by atoms with E-state index in [1.807, 2.05) is 32.9 Å². The molecule has 0 heterocycles. The predicted molar refractivity (Wildman–Crippen MR) is 75.9 cm³/mol. The minimum atomic E-state index is -0.482. The number of nitrogens with one attached hydrogen (secondary N) is 1. The van der Waals surface area contributed by atoms with Crippen LogP contribution in [0.2, 0.25) is 0 Å². The Morgan fingerprint density at radius 1 is 1.42 bits per heavy atom. The van der Waals surface area contributed by atoms with Crippen LogP contribution in [-0.2, 0) is 11.2 Å². The molecule has 0 aliphatic heterocycles. The van der Waals surface area contributed by atoms with Gasteiger partial charge in [-0.1, -0.05) is 12.1 Å². The van der Waals surface area contributed by atoms with Crippen molar-refractivity contribution in [2.75, 3.05) is 5.73 Å². The summed E-state index contributed by atoms with van der Waals surface area (Å²) in [5.74, 6) is 0. The van der Waals surface area contributed by atoms with Crippen LogP contribution in [0, 0.1) is 0 Å². The molecule has 0 aromatic heterocycles. The van der Waals surface area contributed by atoms with Crippen LogP contribution in [0.4, 0.5) is 10.5 Å². The summed E-state index contributed by atoms with van der Waals surface area (Å²) in [5.41, 5.74) is 8.59. The van der Waals surface area contributed by atoms with Crippen LogP contribution >= 0.6 is 0 Å². The van der Waals surface area contributed by atoms with Crippen LogP contribution in [0.25, 0.3) is 0 Å². The first kappa shape index (κ1) is 13.7. The third kappa shape index (κ3) is 3.40. The summed E-state index contributed by atoms with van der Waals surface area (Å²) in [6, 6.07) is 5.88. The average Bonchev–Trinajstić information content (AvgIpc) is 2.26. The number of hydrogen-bond acceptors (Lipinski definition) is 3. The van der Waals surface area contributed by atoms with Gasteiger partial charge in [-0.15, -0.1) is 0 Å². The lowest BCUT2D eigenvalue weighted by atomic mass is 9.86. The minimum Gasteiger partial charge on any atom is -0.444 e. The second kappa shape index (κ2) is 5.11. The lowest BCUT2D eigenvalue weighted by molar-refractivity contribution is 0.0499. The van der Waals surface area contributed by atoms with E-state index in [9.17, 15) is 4.79 Å². The SMILES string of the molecule is CC(C)(C)OC(=O)NC1CCCc2cccc(N)c21. The summed E-state index contributed by atoms with van der Waals surface area (Å²) in [6.45, 7) is 5.57. The van der Waals surface area contributed by atoms with E-state index in [1.165, 1.54) is 5.56 Å². The molecule has 0 saturated carbocycles. The second-order valence-electron chi connectivity index (χ2n) is 6.01. The van der Waals surface area contributed by atoms with Crippen molar-refractivity contribution in [2.24, 2.45) is 0 Å². The first-order chi connectivity index (χ1) is 8.87. The molecule has 19 heavy (non-hydrogen) atoms. The zero-order valence-electron chi connectivity index (χ0n) is 11.8. The van der Waals surface area contributed by atoms with Gasteiger partial charge in [-0.05, 0) is 51.7 Å². The summed E-state index contributed by atoms with van der Waals surface area (Å²) >= 11 is 0. The van der Waals surface area contributed by atoms with Gasteiger partial charge in [-0.25, -0.2) is 4.79 Å². The Morgan fingerprint density at radius 3 is 2.84 bits per heavy atom. The monoisotopic (exact) mass is 262 g/mol. The number of hydrogen-bond donors (Lipinski definition) is 2. The first-order valence-electron chi connectivity index (χ1n) is 6.73. The number of fused-ring (bicyclic) bond motifs is 1. The molecule has 1 aromatic rings. The molecule has 4 heteroatoms. The Labute approximate surface area is 114 Å². The van der Waals surface area contributed by atoms with Gasteiger partial charge in [0.15, 0.2) is 0 Å². The van der Waals surface area contributed by atoms with Crippen molar-refractivity contribution in [3.8, 4) is 0 Å². The Balaban J connectivity index is 2.14. The maximum atomic E-state index is 11.9. The maximum Gasteiger partial charge on any atom is 0.408 e. The molecule has 3 N–H and O–H groups in total. The van der Waals surface area contributed by atoms with Gasteiger partial charge in [0.05, 0.1) is 6.04 Å². The molecule has 4 nitrogen and oxygen atoms in total. The van der Waals surface area contributed by atoms with Crippen LogP contribution in [-0.4, -0.2) is 11.7 Å². The van der Waals surface area contributed by atoms with Gasteiger partial charge in [-0.3, -0.25) is 0 Å². The largest absolute Gasteiger partial charge is 0.444 e. The molecule has 0 saturated heterocycles. The van der Waals surface area contributed by atoms with Crippen LogP contribution < -0.4 is 11.1 Å². The number of rotatable bonds is 1. The molecular weight excluding hydrogens is 240 g/mol. The van der Waals surface area contributed by atoms with E-state index in [1.54, 1.807) is 0 Å². The van der Waals surface area contributed by atoms with Gasteiger partial charge in [0.1, 0.15) is 5.60 Å². The van der Waals surface area contributed by atoms with Gasteiger partial charge in [0, 0.05) is 11.3 Å². The Bertz CT molecular complexity index is 478.